The zero-order valence-corrected chi connectivity index (χ0v) is 18.7. The second kappa shape index (κ2) is 10.6. The van der Waals surface area contributed by atoms with Gasteiger partial charge in [-0.05, 0) is 61.1 Å². The van der Waals surface area contributed by atoms with E-state index in [-0.39, 0.29) is 17.0 Å². The molecule has 0 bridgehead atoms. The SMILES string of the molecule is CC(C)(CCc1ccccc1)C(c1cc(-c2cc(F)ccc2F)c[nH]1)N(C=O)CCCN. The number of hydrogen-bond donors (Lipinski definition) is 2. The molecule has 0 saturated carbocycles. The predicted octanol–water partition coefficient (Wildman–Crippen LogP) is 5.47. The zero-order chi connectivity index (χ0) is 23.1. The smallest absolute Gasteiger partial charge is 0.210 e. The Kier molecular flexibility index (Phi) is 7.80. The number of carbonyl (C=O) groups excluding carboxylic acids is 1. The van der Waals surface area contributed by atoms with Crippen LogP contribution in [0.15, 0.2) is 60.8 Å². The van der Waals surface area contributed by atoms with Crippen molar-refractivity contribution >= 4 is 6.41 Å². The monoisotopic (exact) mass is 439 g/mol. The Labute approximate surface area is 188 Å². The second-order valence-electron chi connectivity index (χ2n) is 8.83. The Morgan fingerprint density at radius 3 is 2.56 bits per heavy atom. The standard InChI is InChI=1S/C26H31F2N3O/c1-26(2,12-11-19-7-4-3-5-8-19)25(31(18-32)14-6-13-29)24-15-20(17-30-24)22-16-21(27)9-10-23(22)28/h3-5,7-10,15-18,25,30H,6,11-14,29H2,1-2H3. The third-order valence-corrected chi connectivity index (χ3v) is 5.97. The van der Waals surface area contributed by atoms with Crippen LogP contribution >= 0.6 is 0 Å². The first kappa shape index (κ1) is 23.7. The summed E-state index contributed by atoms with van der Waals surface area (Å²) in [5.41, 5.74) is 8.15. The van der Waals surface area contributed by atoms with E-state index < -0.39 is 11.6 Å². The van der Waals surface area contributed by atoms with Gasteiger partial charge in [0, 0.05) is 29.6 Å². The van der Waals surface area contributed by atoms with Crippen LogP contribution in [0.1, 0.15) is 44.0 Å². The van der Waals surface area contributed by atoms with Gasteiger partial charge in [-0.3, -0.25) is 4.79 Å². The topological polar surface area (TPSA) is 62.1 Å². The maximum absolute atomic E-state index is 14.3. The molecule has 1 amide bonds. The second-order valence-corrected chi connectivity index (χ2v) is 8.83. The van der Waals surface area contributed by atoms with E-state index in [0.29, 0.717) is 25.1 Å². The summed E-state index contributed by atoms with van der Waals surface area (Å²) < 4.78 is 28.1. The third-order valence-electron chi connectivity index (χ3n) is 5.97. The number of H-pyrrole nitrogens is 1. The van der Waals surface area contributed by atoms with Gasteiger partial charge in [0.05, 0.1) is 6.04 Å². The molecule has 6 heteroatoms. The lowest BCUT2D eigenvalue weighted by Crippen LogP contribution is -2.39. The first-order valence-corrected chi connectivity index (χ1v) is 10.9. The maximum atomic E-state index is 14.3. The molecule has 4 nitrogen and oxygen atoms in total. The van der Waals surface area contributed by atoms with Crippen molar-refractivity contribution in [3.8, 4) is 11.1 Å². The molecule has 1 heterocycles. The number of benzene rings is 2. The molecule has 0 spiro atoms. The largest absolute Gasteiger partial charge is 0.363 e. The molecular formula is C26H31F2N3O. The van der Waals surface area contributed by atoms with Gasteiger partial charge >= 0.3 is 0 Å². The highest BCUT2D eigenvalue weighted by Gasteiger charge is 2.36. The fourth-order valence-electron chi connectivity index (χ4n) is 4.26. The van der Waals surface area contributed by atoms with Crippen LogP contribution in [-0.4, -0.2) is 29.4 Å². The van der Waals surface area contributed by atoms with Crippen LogP contribution in [0.3, 0.4) is 0 Å². The number of nitrogens with two attached hydrogens (primary N) is 1. The normalized spacial score (nSPS) is 12.5. The van der Waals surface area contributed by atoms with Crippen LogP contribution in [0.2, 0.25) is 0 Å². The number of aryl methyl sites for hydroxylation is 1. The average molecular weight is 440 g/mol. The lowest BCUT2D eigenvalue weighted by molar-refractivity contribution is -0.123. The molecule has 3 rings (SSSR count). The minimum absolute atomic E-state index is 0.188. The Bertz CT molecular complexity index is 1020. The highest BCUT2D eigenvalue weighted by Crippen LogP contribution is 2.42. The summed E-state index contributed by atoms with van der Waals surface area (Å²) in [6.45, 7) is 5.25. The highest BCUT2D eigenvalue weighted by molar-refractivity contribution is 5.64. The van der Waals surface area contributed by atoms with Crippen LogP contribution in [-0.2, 0) is 11.2 Å². The van der Waals surface area contributed by atoms with Gasteiger partial charge in [0.15, 0.2) is 0 Å². The molecule has 32 heavy (non-hydrogen) atoms. The number of carbonyl (C=O) groups is 1. The molecule has 2 aromatic carbocycles. The van der Waals surface area contributed by atoms with Crippen LogP contribution in [0, 0.1) is 17.0 Å². The summed E-state index contributed by atoms with van der Waals surface area (Å²) in [5.74, 6) is -0.992. The summed E-state index contributed by atoms with van der Waals surface area (Å²) in [5, 5.41) is 0. The van der Waals surface area contributed by atoms with Crippen molar-refractivity contribution in [1.29, 1.82) is 0 Å². The van der Waals surface area contributed by atoms with Crippen LogP contribution in [0.4, 0.5) is 8.78 Å². The van der Waals surface area contributed by atoms with Crippen molar-refractivity contribution in [2.75, 3.05) is 13.1 Å². The molecule has 1 unspecified atom stereocenters. The van der Waals surface area contributed by atoms with E-state index in [4.69, 9.17) is 5.73 Å². The third kappa shape index (κ3) is 5.62. The molecule has 0 aliphatic heterocycles. The van der Waals surface area contributed by atoms with E-state index in [1.54, 1.807) is 11.1 Å². The molecule has 0 aliphatic rings. The first-order valence-electron chi connectivity index (χ1n) is 10.9. The fourth-order valence-corrected chi connectivity index (χ4v) is 4.26. The summed E-state index contributed by atoms with van der Waals surface area (Å²) >= 11 is 0. The van der Waals surface area contributed by atoms with E-state index >= 15 is 0 Å². The van der Waals surface area contributed by atoms with Crippen LogP contribution in [0.5, 0.6) is 0 Å². The number of nitrogens with zero attached hydrogens (tertiary/aromatic N) is 1. The minimum atomic E-state index is -0.499. The van der Waals surface area contributed by atoms with Crippen molar-refractivity contribution in [1.82, 2.24) is 9.88 Å². The van der Waals surface area contributed by atoms with E-state index in [1.807, 2.05) is 24.3 Å². The summed E-state index contributed by atoms with van der Waals surface area (Å²) in [4.78, 5) is 17.1. The average Bonchev–Trinajstić information content (AvgIpc) is 3.26. The molecule has 170 valence electrons. The Morgan fingerprint density at radius 2 is 1.88 bits per heavy atom. The number of aromatic nitrogens is 1. The number of amides is 1. The molecular weight excluding hydrogens is 408 g/mol. The van der Waals surface area contributed by atoms with Gasteiger partial charge in [0.1, 0.15) is 11.6 Å². The molecule has 0 aliphatic carbocycles. The quantitative estimate of drug-likeness (QED) is 0.389. The molecule has 0 saturated heterocycles. The fraction of sp³-hybridized carbons (Fsp3) is 0.346. The number of nitrogens with one attached hydrogen (secondary N) is 1. The van der Waals surface area contributed by atoms with E-state index in [9.17, 15) is 13.6 Å². The molecule has 3 aromatic rings. The summed E-state index contributed by atoms with van der Waals surface area (Å²) in [6.07, 6.45) is 4.89. The number of rotatable bonds is 11. The lowest BCUT2D eigenvalue weighted by atomic mass is 9.77. The number of halogens is 2. The predicted molar refractivity (Wildman–Crippen MR) is 124 cm³/mol. The summed E-state index contributed by atoms with van der Waals surface area (Å²) in [7, 11) is 0. The van der Waals surface area contributed by atoms with Crippen molar-refractivity contribution in [3.63, 3.8) is 0 Å². The van der Waals surface area contributed by atoms with Gasteiger partial charge in [-0.15, -0.1) is 0 Å². The van der Waals surface area contributed by atoms with Gasteiger partial charge in [-0.2, -0.15) is 0 Å². The first-order chi connectivity index (χ1) is 15.4. The number of hydrogen-bond acceptors (Lipinski definition) is 2. The summed E-state index contributed by atoms with van der Waals surface area (Å²) in [6, 6.07) is 15.2. The van der Waals surface area contributed by atoms with Crippen molar-refractivity contribution < 1.29 is 13.6 Å². The van der Waals surface area contributed by atoms with Crippen LogP contribution in [0.25, 0.3) is 11.1 Å². The Morgan fingerprint density at radius 1 is 1.12 bits per heavy atom. The molecule has 1 aromatic heterocycles. The van der Waals surface area contributed by atoms with Gasteiger partial charge in [-0.1, -0.05) is 44.2 Å². The van der Waals surface area contributed by atoms with Crippen molar-refractivity contribution in [2.24, 2.45) is 11.1 Å². The highest BCUT2D eigenvalue weighted by atomic mass is 19.1. The van der Waals surface area contributed by atoms with Crippen molar-refractivity contribution in [2.45, 2.75) is 39.2 Å². The Balaban J connectivity index is 1.94. The molecule has 0 fully saturated rings. The van der Waals surface area contributed by atoms with Crippen molar-refractivity contribution in [3.05, 3.63) is 83.7 Å². The van der Waals surface area contributed by atoms with Gasteiger partial charge < -0.3 is 15.6 Å². The van der Waals surface area contributed by atoms with E-state index in [1.165, 1.54) is 11.6 Å². The van der Waals surface area contributed by atoms with Crippen LogP contribution < -0.4 is 5.73 Å². The number of aromatic amines is 1. The van der Waals surface area contributed by atoms with E-state index in [0.717, 1.165) is 37.1 Å². The maximum Gasteiger partial charge on any atom is 0.210 e. The minimum Gasteiger partial charge on any atom is -0.363 e. The lowest BCUT2D eigenvalue weighted by Gasteiger charge is -2.40. The molecule has 1 atom stereocenters. The molecule has 0 radical (unpaired) electrons. The Hall–Kier alpha value is -2.99. The molecule has 3 N–H and O–H groups in total. The van der Waals surface area contributed by atoms with E-state index in [2.05, 4.69) is 31.0 Å². The van der Waals surface area contributed by atoms with Gasteiger partial charge in [-0.25, -0.2) is 8.78 Å². The van der Waals surface area contributed by atoms with Gasteiger partial charge in [0.2, 0.25) is 6.41 Å². The zero-order valence-electron chi connectivity index (χ0n) is 18.7. The van der Waals surface area contributed by atoms with Gasteiger partial charge in [0.25, 0.3) is 0 Å².